The minimum Gasteiger partial charge on any atom is -0.310 e. The average Bonchev–Trinajstić information content (AvgIpc) is 2.23. The lowest BCUT2D eigenvalue weighted by molar-refractivity contribution is 0.359. The van der Waals surface area contributed by atoms with Gasteiger partial charge >= 0.3 is 0 Å². The third-order valence-corrected chi connectivity index (χ3v) is 2.54. The van der Waals surface area contributed by atoms with Crippen LogP contribution in [0, 0.1) is 0 Å². The van der Waals surface area contributed by atoms with Crippen molar-refractivity contribution in [2.24, 2.45) is 7.05 Å². The zero-order chi connectivity index (χ0) is 10.3. The molecule has 0 amide bonds. The molecule has 14 heavy (non-hydrogen) atoms. The summed E-state index contributed by atoms with van der Waals surface area (Å²) in [5, 5.41) is 11.8. The average molecular weight is 209 g/mol. The topological polar surface area (TPSA) is 41.9 Å². The molecule has 0 fully saturated rings. The molecule has 0 N–H and O–H groups in total. The van der Waals surface area contributed by atoms with E-state index in [1.54, 1.807) is 31.3 Å². The van der Waals surface area contributed by atoms with Crippen LogP contribution in [0.1, 0.15) is 0 Å². The number of hydrogen-bond donors (Lipinski definition) is 0. The van der Waals surface area contributed by atoms with Crippen molar-refractivity contribution in [2.75, 3.05) is 0 Å². The highest BCUT2D eigenvalue weighted by Gasteiger charge is 2.13. The summed E-state index contributed by atoms with van der Waals surface area (Å²) in [6, 6.07) is 6.89. The minimum atomic E-state index is -0.449. The molecule has 0 spiro atoms. The summed E-state index contributed by atoms with van der Waals surface area (Å²) in [6.45, 7) is 0. The molecule has 3 nitrogen and oxygen atoms in total. The lowest BCUT2D eigenvalue weighted by atomic mass is 10.2. The molecule has 2 aromatic rings. The van der Waals surface area contributed by atoms with Gasteiger partial charge in [0, 0.05) is 12.4 Å². The summed E-state index contributed by atoms with van der Waals surface area (Å²) < 4.78 is 1.37. The molecule has 2 rings (SSSR count). The van der Waals surface area contributed by atoms with E-state index in [9.17, 15) is 9.90 Å². The van der Waals surface area contributed by atoms with Crippen LogP contribution < -0.4 is 5.56 Å². The summed E-state index contributed by atoms with van der Waals surface area (Å²) in [5.41, 5.74) is 0.155. The minimum absolute atomic E-state index is 0.244. The van der Waals surface area contributed by atoms with Crippen molar-refractivity contribution in [1.82, 2.24) is 4.57 Å². The Morgan fingerprint density at radius 3 is 2.64 bits per heavy atom. The van der Waals surface area contributed by atoms with Crippen LogP contribution in [-0.4, -0.2) is 4.57 Å². The maximum Gasteiger partial charge on any atom is 0.273 e. The fourth-order valence-electron chi connectivity index (χ4n) is 1.43. The Balaban J connectivity index is 3.10. The number of benzene rings is 1. The molecule has 0 saturated carbocycles. The number of pyridine rings is 1. The standard InChI is InChI=1S/C10H7ClNO2/c1-12-7-5-3-2-4-6(7)9(13)8(11)10(12)14/h2-5H,1H3. The van der Waals surface area contributed by atoms with Gasteiger partial charge in [-0.05, 0) is 12.1 Å². The highest BCUT2D eigenvalue weighted by atomic mass is 35.5. The van der Waals surface area contributed by atoms with Crippen LogP contribution in [0.5, 0.6) is 5.75 Å². The Morgan fingerprint density at radius 1 is 1.29 bits per heavy atom. The van der Waals surface area contributed by atoms with E-state index in [0.29, 0.717) is 10.9 Å². The Bertz CT molecular complexity index is 560. The van der Waals surface area contributed by atoms with Gasteiger partial charge in [0.15, 0.2) is 5.02 Å². The molecule has 1 aromatic carbocycles. The zero-order valence-electron chi connectivity index (χ0n) is 7.45. The zero-order valence-corrected chi connectivity index (χ0v) is 8.21. The van der Waals surface area contributed by atoms with Crippen LogP contribution in [0.25, 0.3) is 10.9 Å². The molecule has 0 unspecified atom stereocenters. The number of para-hydroxylation sites is 1. The first kappa shape index (κ1) is 9.09. The number of aromatic nitrogens is 1. The van der Waals surface area contributed by atoms with Crippen LogP contribution >= 0.6 is 11.6 Å². The van der Waals surface area contributed by atoms with E-state index < -0.39 is 11.3 Å². The fourth-order valence-corrected chi connectivity index (χ4v) is 1.66. The van der Waals surface area contributed by atoms with Crippen molar-refractivity contribution in [3.8, 4) is 5.75 Å². The molecule has 1 radical (unpaired) electrons. The SMILES string of the molecule is Cn1c(=O)c(Cl)c([O])c2ccccc21. The summed E-state index contributed by atoms with van der Waals surface area (Å²) in [6.07, 6.45) is 0. The summed E-state index contributed by atoms with van der Waals surface area (Å²) in [4.78, 5) is 11.4. The van der Waals surface area contributed by atoms with Gasteiger partial charge in [0.05, 0.1) is 5.52 Å². The van der Waals surface area contributed by atoms with Crippen LogP contribution in [0.15, 0.2) is 29.1 Å². The van der Waals surface area contributed by atoms with Crippen LogP contribution in [0.4, 0.5) is 0 Å². The number of nitrogens with zero attached hydrogens (tertiary/aromatic N) is 1. The molecule has 0 aliphatic carbocycles. The van der Waals surface area contributed by atoms with E-state index in [4.69, 9.17) is 11.6 Å². The van der Waals surface area contributed by atoms with E-state index in [-0.39, 0.29) is 5.02 Å². The molecule has 4 heteroatoms. The first-order chi connectivity index (χ1) is 6.63. The van der Waals surface area contributed by atoms with Gasteiger partial charge in [-0.25, -0.2) is 0 Å². The second-order valence-electron chi connectivity index (χ2n) is 3.02. The number of hydrogen-bond acceptors (Lipinski definition) is 1. The fraction of sp³-hybridized carbons (Fsp3) is 0.100. The number of aryl methyl sites for hydroxylation is 1. The van der Waals surface area contributed by atoms with E-state index >= 15 is 0 Å². The maximum atomic E-state index is 11.6. The molecule has 71 valence electrons. The lowest BCUT2D eigenvalue weighted by Crippen LogP contribution is -2.17. The van der Waals surface area contributed by atoms with E-state index in [1.807, 2.05) is 0 Å². The number of rotatable bonds is 0. The van der Waals surface area contributed by atoms with Gasteiger partial charge < -0.3 is 4.57 Å². The van der Waals surface area contributed by atoms with Crippen molar-refractivity contribution in [3.63, 3.8) is 0 Å². The Hall–Kier alpha value is -1.48. The lowest BCUT2D eigenvalue weighted by Gasteiger charge is -2.05. The molecule has 0 aliphatic heterocycles. The second kappa shape index (κ2) is 3.03. The van der Waals surface area contributed by atoms with E-state index in [0.717, 1.165) is 0 Å². The Kier molecular flexibility index (Phi) is 1.97. The molecule has 0 saturated heterocycles. The van der Waals surface area contributed by atoms with Crippen molar-refractivity contribution in [2.45, 2.75) is 0 Å². The number of halogens is 1. The van der Waals surface area contributed by atoms with Gasteiger partial charge in [0.1, 0.15) is 0 Å². The van der Waals surface area contributed by atoms with Gasteiger partial charge in [0.2, 0.25) is 5.75 Å². The van der Waals surface area contributed by atoms with E-state index in [2.05, 4.69) is 0 Å². The monoisotopic (exact) mass is 208 g/mol. The Labute approximate surface area is 85.2 Å². The van der Waals surface area contributed by atoms with Gasteiger partial charge in [-0.2, -0.15) is 0 Å². The predicted molar refractivity (Wildman–Crippen MR) is 54.3 cm³/mol. The highest BCUT2D eigenvalue weighted by molar-refractivity contribution is 6.32. The molecular weight excluding hydrogens is 202 g/mol. The molecule has 0 aliphatic rings. The van der Waals surface area contributed by atoms with Crippen molar-refractivity contribution in [1.29, 1.82) is 0 Å². The predicted octanol–water partition coefficient (Wildman–Crippen LogP) is 2.34. The molecule has 0 bridgehead atoms. The summed E-state index contributed by atoms with van der Waals surface area (Å²) >= 11 is 5.62. The molecular formula is C10H7ClNO2. The van der Waals surface area contributed by atoms with Gasteiger partial charge in [0.25, 0.3) is 5.56 Å². The first-order valence-electron chi connectivity index (χ1n) is 4.07. The number of fused-ring (bicyclic) bond motifs is 1. The molecule has 1 heterocycles. The largest absolute Gasteiger partial charge is 0.310 e. The van der Waals surface area contributed by atoms with Gasteiger partial charge in [-0.15, -0.1) is 0 Å². The van der Waals surface area contributed by atoms with Crippen LogP contribution in [0.2, 0.25) is 5.02 Å². The van der Waals surface area contributed by atoms with Gasteiger partial charge in [-0.3, -0.25) is 9.90 Å². The third-order valence-electron chi connectivity index (χ3n) is 2.20. The van der Waals surface area contributed by atoms with Crippen LogP contribution in [0.3, 0.4) is 0 Å². The molecule has 0 atom stereocenters. The smallest absolute Gasteiger partial charge is 0.273 e. The first-order valence-corrected chi connectivity index (χ1v) is 4.45. The van der Waals surface area contributed by atoms with Crippen LogP contribution in [-0.2, 0) is 12.2 Å². The van der Waals surface area contributed by atoms with Gasteiger partial charge in [-0.1, -0.05) is 23.7 Å². The third kappa shape index (κ3) is 1.09. The summed E-state index contributed by atoms with van der Waals surface area (Å²) in [7, 11) is 1.59. The van der Waals surface area contributed by atoms with Crippen molar-refractivity contribution in [3.05, 3.63) is 39.6 Å². The maximum absolute atomic E-state index is 11.6. The van der Waals surface area contributed by atoms with E-state index in [1.165, 1.54) is 4.57 Å². The molecule has 1 aromatic heterocycles. The summed E-state index contributed by atoms with van der Waals surface area (Å²) in [5.74, 6) is -0.398. The van der Waals surface area contributed by atoms with Crippen molar-refractivity contribution < 1.29 is 5.11 Å². The second-order valence-corrected chi connectivity index (χ2v) is 3.40. The van der Waals surface area contributed by atoms with Crippen molar-refractivity contribution >= 4 is 22.5 Å². The quantitative estimate of drug-likeness (QED) is 0.655. The Morgan fingerprint density at radius 2 is 1.93 bits per heavy atom. The normalized spacial score (nSPS) is 10.7. The highest BCUT2D eigenvalue weighted by Crippen LogP contribution is 2.28.